The van der Waals surface area contributed by atoms with Crippen molar-refractivity contribution in [1.82, 2.24) is 4.98 Å². The lowest BCUT2D eigenvalue weighted by atomic mass is 10.1. The predicted molar refractivity (Wildman–Crippen MR) is 71.1 cm³/mol. The zero-order valence-corrected chi connectivity index (χ0v) is 10.7. The van der Waals surface area contributed by atoms with E-state index < -0.39 is 0 Å². The Bertz CT molecular complexity index is 600. The Kier molecular flexibility index (Phi) is 2.62. The molecule has 3 heteroatoms. The van der Waals surface area contributed by atoms with Crippen LogP contribution in [0.4, 0.5) is 0 Å². The lowest BCUT2D eigenvalue weighted by Gasteiger charge is -2.03. The molecule has 0 aliphatic heterocycles. The smallest absolute Gasteiger partial charge is 0.168 e. The number of nitrogens with one attached hydrogen (secondary N) is 1. The van der Waals surface area contributed by atoms with E-state index in [-0.39, 0.29) is 11.7 Å². The summed E-state index contributed by atoms with van der Waals surface area (Å²) in [6.07, 6.45) is 2.85. The molecule has 1 aliphatic rings. The molecule has 1 aromatic carbocycles. The number of hydrogen-bond donors (Lipinski definition) is 1. The number of hydrogen-bond acceptors (Lipinski definition) is 2. The second kappa shape index (κ2) is 4.16. The summed E-state index contributed by atoms with van der Waals surface area (Å²) in [6.45, 7) is 4.72. The third kappa shape index (κ3) is 1.80. The molecule has 94 valence electrons. The van der Waals surface area contributed by atoms with Crippen molar-refractivity contribution < 1.29 is 9.53 Å². The minimum atomic E-state index is 0.222. The molecule has 1 N–H and O–H groups in total. The fourth-order valence-electron chi connectivity index (χ4n) is 2.45. The topological polar surface area (TPSA) is 42.1 Å². The maximum Gasteiger partial charge on any atom is 0.168 e. The van der Waals surface area contributed by atoms with E-state index in [0.717, 1.165) is 28.6 Å². The molecular formula is C15H17NO2. The van der Waals surface area contributed by atoms with Gasteiger partial charge in [0.15, 0.2) is 5.78 Å². The van der Waals surface area contributed by atoms with Gasteiger partial charge in [-0.15, -0.1) is 0 Å². The van der Waals surface area contributed by atoms with Gasteiger partial charge in [-0.3, -0.25) is 4.79 Å². The van der Waals surface area contributed by atoms with Crippen molar-refractivity contribution in [3.8, 4) is 5.75 Å². The predicted octanol–water partition coefficient (Wildman–Crippen LogP) is 3.41. The van der Waals surface area contributed by atoms with Crippen LogP contribution in [-0.4, -0.2) is 17.4 Å². The summed E-state index contributed by atoms with van der Waals surface area (Å²) in [4.78, 5) is 15.5. The van der Waals surface area contributed by atoms with Crippen LogP contribution in [0.2, 0.25) is 0 Å². The Labute approximate surface area is 106 Å². The molecule has 2 unspecified atom stereocenters. The van der Waals surface area contributed by atoms with Crippen molar-refractivity contribution in [2.24, 2.45) is 11.8 Å². The van der Waals surface area contributed by atoms with Crippen LogP contribution in [0, 0.1) is 11.8 Å². The first kappa shape index (κ1) is 11.3. The highest BCUT2D eigenvalue weighted by Crippen LogP contribution is 2.41. The number of ether oxygens (including phenoxy) is 1. The highest BCUT2D eigenvalue weighted by Gasteiger charge is 2.40. The number of benzene rings is 1. The van der Waals surface area contributed by atoms with E-state index >= 15 is 0 Å². The molecule has 0 radical (unpaired) electrons. The molecular weight excluding hydrogens is 226 g/mol. The van der Waals surface area contributed by atoms with Gasteiger partial charge in [0.1, 0.15) is 5.75 Å². The first-order valence-corrected chi connectivity index (χ1v) is 6.49. The lowest BCUT2D eigenvalue weighted by molar-refractivity contribution is 0.0964. The molecule has 0 bridgehead atoms. The fraction of sp³-hybridized carbons (Fsp3) is 0.400. The molecule has 2 atom stereocenters. The highest BCUT2D eigenvalue weighted by molar-refractivity contribution is 6.10. The summed E-state index contributed by atoms with van der Waals surface area (Å²) >= 11 is 0. The van der Waals surface area contributed by atoms with Gasteiger partial charge in [-0.2, -0.15) is 0 Å². The summed E-state index contributed by atoms with van der Waals surface area (Å²) in [5.74, 6) is 1.85. The van der Waals surface area contributed by atoms with E-state index in [0.29, 0.717) is 12.5 Å². The largest absolute Gasteiger partial charge is 0.494 e. The van der Waals surface area contributed by atoms with Crippen LogP contribution >= 0.6 is 0 Å². The molecule has 0 spiro atoms. The quantitative estimate of drug-likeness (QED) is 0.836. The Morgan fingerprint density at radius 2 is 2.28 bits per heavy atom. The van der Waals surface area contributed by atoms with Crippen LogP contribution in [0.3, 0.4) is 0 Å². The Balaban J connectivity index is 2.01. The van der Waals surface area contributed by atoms with E-state index in [2.05, 4.69) is 11.9 Å². The van der Waals surface area contributed by atoms with Crippen LogP contribution in [0.25, 0.3) is 10.9 Å². The molecule has 1 aromatic heterocycles. The number of ketones is 1. The number of aromatic nitrogens is 1. The average Bonchev–Trinajstić information content (AvgIpc) is 2.95. The zero-order chi connectivity index (χ0) is 12.7. The van der Waals surface area contributed by atoms with Gasteiger partial charge in [-0.1, -0.05) is 6.92 Å². The van der Waals surface area contributed by atoms with Crippen molar-refractivity contribution >= 4 is 16.7 Å². The molecule has 1 heterocycles. The normalized spacial score (nSPS) is 22.1. The lowest BCUT2D eigenvalue weighted by Crippen LogP contribution is -2.01. The number of rotatable bonds is 4. The molecule has 3 rings (SSSR count). The molecule has 0 amide bonds. The van der Waals surface area contributed by atoms with Crippen LogP contribution in [-0.2, 0) is 0 Å². The monoisotopic (exact) mass is 243 g/mol. The van der Waals surface area contributed by atoms with Gasteiger partial charge in [-0.05, 0) is 37.5 Å². The molecule has 2 aromatic rings. The van der Waals surface area contributed by atoms with Gasteiger partial charge in [0.2, 0.25) is 0 Å². The summed E-state index contributed by atoms with van der Waals surface area (Å²) in [5.41, 5.74) is 1.80. The van der Waals surface area contributed by atoms with Crippen molar-refractivity contribution in [3.63, 3.8) is 0 Å². The van der Waals surface area contributed by atoms with Gasteiger partial charge >= 0.3 is 0 Å². The molecule has 1 fully saturated rings. The molecule has 0 saturated heterocycles. The summed E-state index contributed by atoms with van der Waals surface area (Å²) in [7, 11) is 0. The first-order chi connectivity index (χ1) is 8.70. The minimum Gasteiger partial charge on any atom is -0.494 e. The van der Waals surface area contributed by atoms with Crippen molar-refractivity contribution in [2.75, 3.05) is 6.61 Å². The van der Waals surface area contributed by atoms with Crippen molar-refractivity contribution in [1.29, 1.82) is 0 Å². The Morgan fingerprint density at radius 1 is 1.50 bits per heavy atom. The van der Waals surface area contributed by atoms with Gasteiger partial charge in [0.05, 0.1) is 6.61 Å². The fourth-order valence-corrected chi connectivity index (χ4v) is 2.45. The average molecular weight is 243 g/mol. The molecule has 1 aliphatic carbocycles. The maximum absolute atomic E-state index is 12.3. The number of H-pyrrole nitrogens is 1. The van der Waals surface area contributed by atoms with E-state index in [1.807, 2.05) is 31.3 Å². The van der Waals surface area contributed by atoms with Crippen molar-refractivity contribution in [3.05, 3.63) is 30.0 Å². The number of fused-ring (bicyclic) bond motifs is 1. The summed E-state index contributed by atoms with van der Waals surface area (Å²) in [6, 6.07) is 5.85. The zero-order valence-electron chi connectivity index (χ0n) is 10.7. The summed E-state index contributed by atoms with van der Waals surface area (Å²) < 4.78 is 5.49. The second-order valence-corrected chi connectivity index (χ2v) is 5.03. The molecule has 3 nitrogen and oxygen atoms in total. The number of aromatic amines is 1. The Morgan fingerprint density at radius 3 is 2.94 bits per heavy atom. The molecule has 18 heavy (non-hydrogen) atoms. The van der Waals surface area contributed by atoms with Crippen LogP contribution in [0.15, 0.2) is 24.4 Å². The van der Waals surface area contributed by atoms with Gasteiger partial charge in [-0.25, -0.2) is 0 Å². The number of Topliss-reactive ketones (excluding diaryl/α,β-unsaturated/α-hetero) is 1. The SMILES string of the molecule is CCOc1ccc2[nH]cc(C(=O)C3CC3C)c2c1. The standard InChI is InChI=1S/C15H17NO2/c1-3-18-10-4-5-14-12(7-10)13(8-16-14)15(17)11-6-9(11)2/h4-5,7-9,11,16H,3,6H2,1-2H3. The minimum absolute atomic E-state index is 0.222. The summed E-state index contributed by atoms with van der Waals surface area (Å²) in [5, 5.41) is 0.977. The Hall–Kier alpha value is -1.77. The maximum atomic E-state index is 12.3. The van der Waals surface area contributed by atoms with E-state index in [9.17, 15) is 4.79 Å². The third-order valence-corrected chi connectivity index (χ3v) is 3.68. The van der Waals surface area contributed by atoms with Crippen LogP contribution < -0.4 is 4.74 Å². The van der Waals surface area contributed by atoms with Gasteiger partial charge < -0.3 is 9.72 Å². The van der Waals surface area contributed by atoms with E-state index in [1.165, 1.54) is 0 Å². The molecule has 1 saturated carbocycles. The first-order valence-electron chi connectivity index (χ1n) is 6.49. The van der Waals surface area contributed by atoms with E-state index in [1.54, 1.807) is 0 Å². The highest BCUT2D eigenvalue weighted by atomic mass is 16.5. The number of carbonyl (C=O) groups is 1. The van der Waals surface area contributed by atoms with Gasteiger partial charge in [0.25, 0.3) is 0 Å². The van der Waals surface area contributed by atoms with Gasteiger partial charge in [0, 0.05) is 28.6 Å². The third-order valence-electron chi connectivity index (χ3n) is 3.68. The van der Waals surface area contributed by atoms with E-state index in [4.69, 9.17) is 4.74 Å². The number of carbonyl (C=O) groups excluding carboxylic acids is 1. The van der Waals surface area contributed by atoms with Crippen LogP contribution in [0.5, 0.6) is 5.75 Å². The second-order valence-electron chi connectivity index (χ2n) is 5.03. The van der Waals surface area contributed by atoms with Crippen LogP contribution in [0.1, 0.15) is 30.6 Å². The van der Waals surface area contributed by atoms with Crippen molar-refractivity contribution in [2.45, 2.75) is 20.3 Å².